The molecule has 1 fully saturated rings. The highest BCUT2D eigenvalue weighted by Gasteiger charge is 2.34. The summed E-state index contributed by atoms with van der Waals surface area (Å²) in [6, 6.07) is 5.60. The van der Waals surface area contributed by atoms with Gasteiger partial charge in [0.2, 0.25) is 0 Å². The van der Waals surface area contributed by atoms with Gasteiger partial charge in [0.15, 0.2) is 5.78 Å². The highest BCUT2D eigenvalue weighted by atomic mass is 16.6. The van der Waals surface area contributed by atoms with E-state index in [0.717, 1.165) is 11.0 Å². The number of aliphatic hydroxyl groups excluding tert-OH is 1. The van der Waals surface area contributed by atoms with Crippen LogP contribution in [-0.4, -0.2) is 31.2 Å². The number of ketones is 1. The fourth-order valence-corrected chi connectivity index (χ4v) is 2.49. The average Bonchev–Trinajstić information content (AvgIpc) is 2.38. The summed E-state index contributed by atoms with van der Waals surface area (Å²) in [5.74, 6) is -0.0519. The molecule has 3 rings (SSSR count). The van der Waals surface area contributed by atoms with Gasteiger partial charge < -0.3 is 14.4 Å². The minimum absolute atomic E-state index is 0.0224. The number of hydrogen-bond donors (Lipinski definition) is 1. The van der Waals surface area contributed by atoms with Crippen LogP contribution >= 0.6 is 0 Å². The Morgan fingerprint density at radius 3 is 2.65 bits per heavy atom. The molecule has 0 unspecified atom stereocenters. The molecule has 20 heavy (non-hydrogen) atoms. The van der Waals surface area contributed by atoms with Crippen molar-refractivity contribution in [2.24, 2.45) is 5.41 Å². The quantitative estimate of drug-likeness (QED) is 0.787. The standard InChI is InChI=1S/C15H17BO4/c1-15(2)8-19-16(20-9-15)11-4-3-10-5-12(17)7-14(18)13(10)6-11/h3-4,6-7,18H,5,8-9H2,1-2H3. The monoisotopic (exact) mass is 272 g/mol. The van der Waals surface area contributed by atoms with Crippen LogP contribution in [0.15, 0.2) is 24.3 Å². The minimum atomic E-state index is -0.404. The molecule has 2 aliphatic rings. The SMILES string of the molecule is CC1(C)COB(c2ccc3c(c2)C(O)=CC(=O)C3)OC1. The van der Waals surface area contributed by atoms with E-state index in [-0.39, 0.29) is 17.0 Å². The first kappa shape index (κ1) is 13.4. The predicted molar refractivity (Wildman–Crippen MR) is 76.8 cm³/mol. The van der Waals surface area contributed by atoms with Crippen LogP contribution in [0.4, 0.5) is 0 Å². The molecule has 0 amide bonds. The molecule has 1 heterocycles. The predicted octanol–water partition coefficient (Wildman–Crippen LogP) is 1.48. The van der Waals surface area contributed by atoms with Crippen molar-refractivity contribution in [3.8, 4) is 0 Å². The van der Waals surface area contributed by atoms with E-state index in [1.165, 1.54) is 6.08 Å². The molecular weight excluding hydrogens is 255 g/mol. The van der Waals surface area contributed by atoms with Crippen LogP contribution in [0.1, 0.15) is 25.0 Å². The Morgan fingerprint density at radius 1 is 1.25 bits per heavy atom. The molecule has 0 radical (unpaired) electrons. The van der Waals surface area contributed by atoms with Gasteiger partial charge >= 0.3 is 7.12 Å². The van der Waals surface area contributed by atoms with Gasteiger partial charge in [-0.1, -0.05) is 32.0 Å². The first-order chi connectivity index (χ1) is 9.44. The maximum atomic E-state index is 11.4. The second-order valence-electron chi connectivity index (χ2n) is 6.21. The molecule has 1 N–H and O–H groups in total. The van der Waals surface area contributed by atoms with Crippen molar-refractivity contribution in [2.75, 3.05) is 13.2 Å². The van der Waals surface area contributed by atoms with Crippen LogP contribution in [0.3, 0.4) is 0 Å². The number of fused-ring (bicyclic) bond motifs is 1. The summed E-state index contributed by atoms with van der Waals surface area (Å²) >= 11 is 0. The van der Waals surface area contributed by atoms with E-state index in [0.29, 0.717) is 25.2 Å². The summed E-state index contributed by atoms with van der Waals surface area (Å²) < 4.78 is 11.5. The molecule has 1 saturated heterocycles. The van der Waals surface area contributed by atoms with Crippen molar-refractivity contribution in [1.82, 2.24) is 0 Å². The second kappa shape index (κ2) is 4.75. The topological polar surface area (TPSA) is 55.8 Å². The summed E-state index contributed by atoms with van der Waals surface area (Å²) in [7, 11) is -0.404. The smallest absolute Gasteiger partial charge is 0.493 e. The van der Waals surface area contributed by atoms with Crippen LogP contribution in [0, 0.1) is 5.41 Å². The largest absolute Gasteiger partial charge is 0.507 e. The summed E-state index contributed by atoms with van der Waals surface area (Å²) in [5.41, 5.74) is 2.43. The van der Waals surface area contributed by atoms with E-state index in [9.17, 15) is 9.90 Å². The van der Waals surface area contributed by atoms with Crippen molar-refractivity contribution in [3.63, 3.8) is 0 Å². The van der Waals surface area contributed by atoms with Gasteiger partial charge in [-0.05, 0) is 11.0 Å². The number of benzene rings is 1. The zero-order chi connectivity index (χ0) is 14.3. The lowest BCUT2D eigenvalue weighted by molar-refractivity contribution is -0.114. The number of rotatable bonds is 1. The summed E-state index contributed by atoms with van der Waals surface area (Å²) in [6.07, 6.45) is 1.61. The van der Waals surface area contributed by atoms with Gasteiger partial charge in [-0.2, -0.15) is 0 Å². The van der Waals surface area contributed by atoms with Crippen molar-refractivity contribution < 1.29 is 19.2 Å². The lowest BCUT2D eigenvalue weighted by atomic mass is 9.74. The maximum absolute atomic E-state index is 11.4. The Morgan fingerprint density at radius 2 is 1.95 bits per heavy atom. The van der Waals surface area contributed by atoms with E-state index in [1.54, 1.807) is 0 Å². The summed E-state index contributed by atoms with van der Waals surface area (Å²) in [4.78, 5) is 11.4. The molecule has 0 aromatic heterocycles. The molecule has 4 nitrogen and oxygen atoms in total. The van der Waals surface area contributed by atoms with E-state index < -0.39 is 7.12 Å². The summed E-state index contributed by atoms with van der Waals surface area (Å²) in [6.45, 7) is 5.45. The second-order valence-corrected chi connectivity index (χ2v) is 6.21. The zero-order valence-corrected chi connectivity index (χ0v) is 11.7. The van der Waals surface area contributed by atoms with Gasteiger partial charge in [0, 0.05) is 36.7 Å². The van der Waals surface area contributed by atoms with Crippen LogP contribution in [-0.2, 0) is 20.5 Å². The molecule has 0 atom stereocenters. The number of carbonyl (C=O) groups excluding carboxylic acids is 1. The molecule has 0 spiro atoms. The highest BCUT2D eigenvalue weighted by molar-refractivity contribution is 6.61. The van der Waals surface area contributed by atoms with E-state index in [1.807, 2.05) is 18.2 Å². The van der Waals surface area contributed by atoms with Crippen LogP contribution < -0.4 is 5.46 Å². The van der Waals surface area contributed by atoms with Gasteiger partial charge in [-0.25, -0.2) is 0 Å². The summed E-state index contributed by atoms with van der Waals surface area (Å²) in [5, 5.41) is 9.90. The average molecular weight is 272 g/mol. The van der Waals surface area contributed by atoms with Crippen molar-refractivity contribution in [2.45, 2.75) is 20.3 Å². The van der Waals surface area contributed by atoms with Crippen molar-refractivity contribution in [3.05, 3.63) is 35.4 Å². The maximum Gasteiger partial charge on any atom is 0.493 e. The number of aliphatic hydroxyl groups is 1. The Bertz CT molecular complexity index is 582. The third-order valence-corrected chi connectivity index (χ3v) is 3.60. The van der Waals surface area contributed by atoms with Crippen LogP contribution in [0.2, 0.25) is 0 Å². The van der Waals surface area contributed by atoms with E-state index >= 15 is 0 Å². The lowest BCUT2D eigenvalue weighted by Crippen LogP contribution is -2.47. The third-order valence-electron chi connectivity index (χ3n) is 3.60. The van der Waals surface area contributed by atoms with Gasteiger partial charge in [0.25, 0.3) is 0 Å². The Hall–Kier alpha value is -1.59. The first-order valence-electron chi connectivity index (χ1n) is 6.74. The molecule has 5 heteroatoms. The fourth-order valence-electron chi connectivity index (χ4n) is 2.49. The van der Waals surface area contributed by atoms with Crippen molar-refractivity contribution >= 4 is 24.1 Å². The molecule has 1 aromatic rings. The Labute approximate surface area is 118 Å². The minimum Gasteiger partial charge on any atom is -0.507 e. The molecular formula is C15H17BO4. The van der Waals surface area contributed by atoms with E-state index in [4.69, 9.17) is 9.31 Å². The van der Waals surface area contributed by atoms with Gasteiger partial charge in [-0.3, -0.25) is 4.79 Å². The molecule has 1 aliphatic carbocycles. The number of allylic oxidation sites excluding steroid dienone is 1. The molecule has 0 bridgehead atoms. The molecule has 1 aromatic carbocycles. The molecule has 0 saturated carbocycles. The van der Waals surface area contributed by atoms with Crippen LogP contribution in [0.25, 0.3) is 5.76 Å². The fraction of sp³-hybridized carbons (Fsp3) is 0.400. The first-order valence-corrected chi connectivity index (χ1v) is 6.74. The van der Waals surface area contributed by atoms with Gasteiger partial charge in [0.05, 0.1) is 0 Å². The van der Waals surface area contributed by atoms with Crippen LogP contribution in [0.5, 0.6) is 0 Å². The van der Waals surface area contributed by atoms with E-state index in [2.05, 4.69) is 13.8 Å². The van der Waals surface area contributed by atoms with Gasteiger partial charge in [-0.15, -0.1) is 0 Å². The zero-order valence-electron chi connectivity index (χ0n) is 11.7. The Balaban J connectivity index is 1.86. The number of hydrogen-bond acceptors (Lipinski definition) is 4. The Kier molecular flexibility index (Phi) is 3.19. The molecule has 104 valence electrons. The highest BCUT2D eigenvalue weighted by Crippen LogP contribution is 2.24. The van der Waals surface area contributed by atoms with Gasteiger partial charge in [0.1, 0.15) is 5.76 Å². The lowest BCUT2D eigenvalue weighted by Gasteiger charge is -2.33. The molecule has 1 aliphatic heterocycles. The van der Waals surface area contributed by atoms with Crippen molar-refractivity contribution in [1.29, 1.82) is 0 Å². The third kappa shape index (κ3) is 2.51. The number of carbonyl (C=O) groups is 1. The normalized spacial score (nSPS) is 21.4.